The van der Waals surface area contributed by atoms with Crippen molar-refractivity contribution in [3.8, 4) is 0 Å². The lowest BCUT2D eigenvalue weighted by Gasteiger charge is -2.05. The molecule has 3 aromatic heterocycles. The molecule has 24 heavy (non-hydrogen) atoms. The molecule has 0 atom stereocenters. The van der Waals surface area contributed by atoms with Crippen LogP contribution in [0.5, 0.6) is 0 Å². The van der Waals surface area contributed by atoms with Gasteiger partial charge in [0.05, 0.1) is 11.4 Å². The number of fused-ring (bicyclic) bond motifs is 2. The Morgan fingerprint density at radius 3 is 2.75 bits per heavy atom. The number of thiophene rings is 1. The first-order valence-electron chi connectivity index (χ1n) is 8.13. The third kappa shape index (κ3) is 2.96. The summed E-state index contributed by atoms with van der Waals surface area (Å²) in [5.41, 5.74) is 6.35. The fourth-order valence-electron chi connectivity index (χ4n) is 3.22. The Hall–Kier alpha value is -1.78. The van der Waals surface area contributed by atoms with E-state index in [2.05, 4.69) is 78.9 Å². The predicted octanol–water partition coefficient (Wildman–Crippen LogP) is 5.56. The lowest BCUT2D eigenvalue weighted by atomic mass is 10.0. The molecule has 4 aromatic rings. The first-order chi connectivity index (χ1) is 11.8. The van der Waals surface area contributed by atoms with Crippen LogP contribution in [0.2, 0.25) is 0 Å². The number of aryl methyl sites for hydroxylation is 2. The number of imidazole rings is 1. The van der Waals surface area contributed by atoms with Gasteiger partial charge >= 0.3 is 0 Å². The topological polar surface area (TPSA) is 17.3 Å². The maximum atomic E-state index is 4.78. The summed E-state index contributed by atoms with van der Waals surface area (Å²) in [6, 6.07) is 12.8. The van der Waals surface area contributed by atoms with Gasteiger partial charge in [-0.15, -0.1) is 11.3 Å². The van der Waals surface area contributed by atoms with Gasteiger partial charge < -0.3 is 4.40 Å². The molecule has 0 saturated carbocycles. The van der Waals surface area contributed by atoms with Crippen LogP contribution in [0.15, 0.2) is 48.0 Å². The number of aromatic nitrogens is 2. The summed E-state index contributed by atoms with van der Waals surface area (Å²) in [6.07, 6.45) is 5.73. The van der Waals surface area contributed by atoms with Gasteiger partial charge in [0, 0.05) is 17.3 Å². The largest absolute Gasteiger partial charge is 0.303 e. The van der Waals surface area contributed by atoms with E-state index in [-0.39, 0.29) is 0 Å². The van der Waals surface area contributed by atoms with Crippen LogP contribution in [0, 0.1) is 6.92 Å². The molecule has 0 fully saturated rings. The summed E-state index contributed by atoms with van der Waals surface area (Å²) in [5.74, 6) is 0. The Morgan fingerprint density at radius 2 is 1.96 bits per heavy atom. The minimum Gasteiger partial charge on any atom is -0.303 e. The van der Waals surface area contributed by atoms with Crippen LogP contribution in [0.4, 0.5) is 0 Å². The summed E-state index contributed by atoms with van der Waals surface area (Å²) in [5, 5.41) is 3.72. The molecule has 0 aliphatic rings. The molecule has 0 saturated heterocycles. The summed E-state index contributed by atoms with van der Waals surface area (Å²) in [7, 11) is 0. The van der Waals surface area contributed by atoms with Crippen molar-refractivity contribution in [3.63, 3.8) is 0 Å². The second-order valence-corrected chi connectivity index (χ2v) is 6.58. The highest BCUT2D eigenvalue weighted by atomic mass is 32.1. The standard InChI is InChI=1S/C19H18N2S.CH4S/c1-3-15-16(21-10-5-4-9-18(21)20-15)11-14-12-22-17-8-6-7-13(2)19(14)17;1-2/h4-10,12H,3,11H2,1-2H3;2H,1H3. The monoisotopic (exact) mass is 354 g/mol. The molecule has 0 radical (unpaired) electrons. The molecule has 4 rings (SSSR count). The van der Waals surface area contributed by atoms with E-state index >= 15 is 0 Å². The summed E-state index contributed by atoms with van der Waals surface area (Å²) >= 11 is 5.37. The summed E-state index contributed by atoms with van der Waals surface area (Å²) < 4.78 is 3.61. The molecule has 0 aliphatic heterocycles. The third-order valence-corrected chi connectivity index (χ3v) is 5.28. The Balaban J connectivity index is 0.000000815. The number of thiol groups is 1. The highest BCUT2D eigenvalue weighted by Gasteiger charge is 2.14. The van der Waals surface area contributed by atoms with Crippen molar-refractivity contribution in [3.05, 3.63) is 70.5 Å². The van der Waals surface area contributed by atoms with E-state index in [1.165, 1.54) is 32.6 Å². The first kappa shape index (κ1) is 17.1. The fourth-order valence-corrected chi connectivity index (χ4v) is 4.26. The van der Waals surface area contributed by atoms with Gasteiger partial charge in [0.15, 0.2) is 0 Å². The van der Waals surface area contributed by atoms with E-state index < -0.39 is 0 Å². The van der Waals surface area contributed by atoms with Crippen LogP contribution >= 0.6 is 24.0 Å². The number of hydrogen-bond acceptors (Lipinski definition) is 3. The molecule has 0 N–H and O–H groups in total. The summed E-state index contributed by atoms with van der Waals surface area (Å²) in [6.45, 7) is 4.38. The molecule has 0 aliphatic carbocycles. The average Bonchev–Trinajstić information content (AvgIpc) is 3.20. The van der Waals surface area contributed by atoms with Crippen LogP contribution in [0.1, 0.15) is 29.4 Å². The minimum absolute atomic E-state index is 0.944. The maximum Gasteiger partial charge on any atom is 0.137 e. The molecule has 0 bridgehead atoms. The molecular weight excluding hydrogens is 332 g/mol. The van der Waals surface area contributed by atoms with Crippen molar-refractivity contribution in [2.75, 3.05) is 6.26 Å². The minimum atomic E-state index is 0.944. The number of nitrogens with zero attached hydrogens (tertiary/aromatic N) is 2. The zero-order valence-corrected chi connectivity index (χ0v) is 16.0. The van der Waals surface area contributed by atoms with E-state index in [4.69, 9.17) is 4.98 Å². The van der Waals surface area contributed by atoms with Gasteiger partial charge in [-0.05, 0) is 59.7 Å². The van der Waals surface area contributed by atoms with Crippen LogP contribution in [-0.2, 0) is 12.8 Å². The molecule has 0 unspecified atom stereocenters. The Labute approximate surface area is 152 Å². The number of hydrogen-bond donors (Lipinski definition) is 1. The second-order valence-electron chi connectivity index (χ2n) is 5.67. The number of pyridine rings is 1. The smallest absolute Gasteiger partial charge is 0.137 e. The molecule has 4 heteroatoms. The number of rotatable bonds is 3. The lowest BCUT2D eigenvalue weighted by molar-refractivity contribution is 0.970. The maximum absolute atomic E-state index is 4.78. The molecule has 0 amide bonds. The van der Waals surface area contributed by atoms with Crippen molar-refractivity contribution in [1.82, 2.24) is 9.38 Å². The van der Waals surface area contributed by atoms with Crippen LogP contribution in [0.25, 0.3) is 15.7 Å². The molecular formula is C20H22N2S2. The van der Waals surface area contributed by atoms with Gasteiger partial charge in [0.25, 0.3) is 0 Å². The first-order valence-corrected chi connectivity index (χ1v) is 9.90. The van der Waals surface area contributed by atoms with Crippen LogP contribution in [0.3, 0.4) is 0 Å². The molecule has 0 spiro atoms. The van der Waals surface area contributed by atoms with E-state index in [0.717, 1.165) is 18.5 Å². The molecule has 2 nitrogen and oxygen atoms in total. The van der Waals surface area contributed by atoms with E-state index in [1.54, 1.807) is 6.26 Å². The van der Waals surface area contributed by atoms with Crippen molar-refractivity contribution >= 4 is 39.7 Å². The van der Waals surface area contributed by atoms with E-state index in [1.807, 2.05) is 11.3 Å². The summed E-state index contributed by atoms with van der Waals surface area (Å²) in [4.78, 5) is 4.78. The average molecular weight is 355 g/mol. The second kappa shape index (κ2) is 7.41. The Kier molecular flexibility index (Phi) is 5.27. The quantitative estimate of drug-likeness (QED) is 0.477. The number of benzene rings is 1. The molecule has 1 aromatic carbocycles. The predicted molar refractivity (Wildman–Crippen MR) is 109 cm³/mol. The molecule has 124 valence electrons. The van der Waals surface area contributed by atoms with Crippen molar-refractivity contribution in [1.29, 1.82) is 0 Å². The van der Waals surface area contributed by atoms with Gasteiger partial charge in [0.2, 0.25) is 0 Å². The lowest BCUT2D eigenvalue weighted by Crippen LogP contribution is -1.97. The Morgan fingerprint density at radius 1 is 1.12 bits per heavy atom. The zero-order valence-electron chi connectivity index (χ0n) is 14.3. The van der Waals surface area contributed by atoms with Crippen LogP contribution < -0.4 is 0 Å². The van der Waals surface area contributed by atoms with Crippen molar-refractivity contribution in [2.24, 2.45) is 0 Å². The normalized spacial score (nSPS) is 10.8. The van der Waals surface area contributed by atoms with E-state index in [9.17, 15) is 0 Å². The van der Waals surface area contributed by atoms with Gasteiger partial charge in [-0.1, -0.05) is 25.1 Å². The van der Waals surface area contributed by atoms with Gasteiger partial charge in [-0.25, -0.2) is 4.98 Å². The fraction of sp³-hybridized carbons (Fsp3) is 0.250. The van der Waals surface area contributed by atoms with Crippen molar-refractivity contribution in [2.45, 2.75) is 26.7 Å². The zero-order chi connectivity index (χ0) is 17.1. The molecule has 3 heterocycles. The SMILES string of the molecule is CCc1nc2ccccn2c1Cc1csc2cccc(C)c12.CS. The highest BCUT2D eigenvalue weighted by Crippen LogP contribution is 2.31. The van der Waals surface area contributed by atoms with E-state index in [0.29, 0.717) is 0 Å². The van der Waals surface area contributed by atoms with Gasteiger partial charge in [0.1, 0.15) is 5.65 Å². The Bertz CT molecular complexity index is 966. The van der Waals surface area contributed by atoms with Gasteiger partial charge in [-0.2, -0.15) is 12.6 Å². The highest BCUT2D eigenvalue weighted by molar-refractivity contribution is 7.79. The third-order valence-electron chi connectivity index (χ3n) is 4.29. The van der Waals surface area contributed by atoms with Gasteiger partial charge in [-0.3, -0.25) is 0 Å². The van der Waals surface area contributed by atoms with Crippen molar-refractivity contribution < 1.29 is 0 Å². The van der Waals surface area contributed by atoms with Crippen LogP contribution in [-0.4, -0.2) is 15.6 Å².